The lowest BCUT2D eigenvalue weighted by Gasteiger charge is -2.05. The van der Waals surface area contributed by atoms with Crippen molar-refractivity contribution in [1.82, 2.24) is 15.6 Å². The minimum Gasteiger partial charge on any atom is -0.351 e. The summed E-state index contributed by atoms with van der Waals surface area (Å²) in [5.41, 5.74) is 2.64. The van der Waals surface area contributed by atoms with Gasteiger partial charge in [-0.3, -0.25) is 14.6 Å². The largest absolute Gasteiger partial charge is 0.351 e. The second kappa shape index (κ2) is 8.48. The Kier molecular flexibility index (Phi) is 6.06. The second-order valence-corrected chi connectivity index (χ2v) is 5.03. The number of rotatable bonds is 6. The maximum atomic E-state index is 11.7. The number of carbonyl (C=O) groups is 2. The van der Waals surface area contributed by atoms with Crippen LogP contribution in [0.2, 0.25) is 0 Å². The van der Waals surface area contributed by atoms with E-state index in [2.05, 4.69) is 15.6 Å². The van der Waals surface area contributed by atoms with Crippen molar-refractivity contribution in [1.29, 1.82) is 0 Å². The van der Waals surface area contributed by atoms with Crippen LogP contribution in [0, 0.1) is 6.92 Å². The van der Waals surface area contributed by atoms with Crippen molar-refractivity contribution in [2.45, 2.75) is 6.92 Å². The van der Waals surface area contributed by atoms with E-state index in [1.165, 1.54) is 17.8 Å². The van der Waals surface area contributed by atoms with E-state index in [4.69, 9.17) is 0 Å². The topological polar surface area (TPSA) is 71.1 Å². The molecule has 0 saturated carbocycles. The standard InChI is InChI=1S/C18H19N3O2/c1-14-4-6-15(7-5-14)8-9-17(22)20-11-12-21-18(23)16-3-2-10-19-13-16/h2-10,13H,11-12H2,1H3,(H,20,22)(H,21,23)/b9-8+. The molecule has 1 heterocycles. The molecule has 1 aromatic carbocycles. The summed E-state index contributed by atoms with van der Waals surface area (Å²) >= 11 is 0. The van der Waals surface area contributed by atoms with E-state index in [-0.39, 0.29) is 11.8 Å². The lowest BCUT2D eigenvalue weighted by Crippen LogP contribution is -2.34. The molecule has 5 heteroatoms. The Bertz CT molecular complexity index is 679. The van der Waals surface area contributed by atoms with Crippen LogP contribution in [0.1, 0.15) is 21.5 Å². The SMILES string of the molecule is Cc1ccc(/C=C/C(=O)NCCNC(=O)c2cccnc2)cc1. The molecular weight excluding hydrogens is 290 g/mol. The van der Waals surface area contributed by atoms with Crippen LogP contribution in [-0.2, 0) is 4.79 Å². The predicted molar refractivity (Wildman–Crippen MR) is 89.8 cm³/mol. The van der Waals surface area contributed by atoms with Gasteiger partial charge in [0.05, 0.1) is 5.56 Å². The molecule has 0 aliphatic rings. The Balaban J connectivity index is 1.69. The number of pyridine rings is 1. The molecule has 118 valence electrons. The van der Waals surface area contributed by atoms with E-state index in [1.54, 1.807) is 24.4 Å². The highest BCUT2D eigenvalue weighted by Gasteiger charge is 2.03. The Morgan fingerprint density at radius 2 is 1.83 bits per heavy atom. The van der Waals surface area contributed by atoms with Gasteiger partial charge in [0.25, 0.3) is 5.91 Å². The molecule has 0 radical (unpaired) electrons. The minimum absolute atomic E-state index is 0.193. The van der Waals surface area contributed by atoms with Crippen molar-refractivity contribution in [3.05, 3.63) is 71.6 Å². The van der Waals surface area contributed by atoms with Crippen LogP contribution in [0.5, 0.6) is 0 Å². The van der Waals surface area contributed by atoms with Crippen molar-refractivity contribution >= 4 is 17.9 Å². The maximum Gasteiger partial charge on any atom is 0.252 e. The third kappa shape index (κ3) is 5.74. The van der Waals surface area contributed by atoms with Crippen LogP contribution in [0.3, 0.4) is 0 Å². The summed E-state index contributed by atoms with van der Waals surface area (Å²) in [4.78, 5) is 27.3. The number of amides is 2. The van der Waals surface area contributed by atoms with Crippen molar-refractivity contribution in [3.8, 4) is 0 Å². The van der Waals surface area contributed by atoms with Crippen LogP contribution in [-0.4, -0.2) is 29.9 Å². The Hall–Kier alpha value is -2.95. The minimum atomic E-state index is -0.206. The Morgan fingerprint density at radius 1 is 1.09 bits per heavy atom. The molecule has 0 aliphatic heterocycles. The van der Waals surface area contributed by atoms with Crippen molar-refractivity contribution in [2.75, 3.05) is 13.1 Å². The van der Waals surface area contributed by atoms with Gasteiger partial charge in [-0.1, -0.05) is 29.8 Å². The first-order valence-electron chi connectivity index (χ1n) is 7.36. The van der Waals surface area contributed by atoms with Gasteiger partial charge in [-0.05, 0) is 30.7 Å². The molecule has 0 atom stereocenters. The number of benzene rings is 1. The zero-order chi connectivity index (χ0) is 16.5. The smallest absolute Gasteiger partial charge is 0.252 e. The average molecular weight is 309 g/mol. The fraction of sp³-hybridized carbons (Fsp3) is 0.167. The Labute approximate surface area is 135 Å². The molecular formula is C18H19N3O2. The lowest BCUT2D eigenvalue weighted by molar-refractivity contribution is -0.116. The highest BCUT2D eigenvalue weighted by molar-refractivity contribution is 5.94. The van der Waals surface area contributed by atoms with E-state index in [1.807, 2.05) is 31.2 Å². The zero-order valence-electron chi connectivity index (χ0n) is 13.0. The second-order valence-electron chi connectivity index (χ2n) is 5.03. The van der Waals surface area contributed by atoms with Gasteiger partial charge in [0.1, 0.15) is 0 Å². The van der Waals surface area contributed by atoms with Crippen molar-refractivity contribution in [2.24, 2.45) is 0 Å². The molecule has 0 unspecified atom stereocenters. The molecule has 0 saturated heterocycles. The van der Waals surface area contributed by atoms with Crippen LogP contribution in [0.25, 0.3) is 6.08 Å². The highest BCUT2D eigenvalue weighted by Crippen LogP contribution is 2.04. The van der Waals surface area contributed by atoms with Crippen LogP contribution >= 0.6 is 0 Å². The number of hydrogen-bond acceptors (Lipinski definition) is 3. The first-order valence-corrected chi connectivity index (χ1v) is 7.36. The molecule has 23 heavy (non-hydrogen) atoms. The third-order valence-corrected chi connectivity index (χ3v) is 3.14. The summed E-state index contributed by atoms with van der Waals surface area (Å²) in [7, 11) is 0. The van der Waals surface area contributed by atoms with Gasteiger partial charge >= 0.3 is 0 Å². The number of nitrogens with one attached hydrogen (secondary N) is 2. The first kappa shape index (κ1) is 16.4. The molecule has 0 aliphatic carbocycles. The summed E-state index contributed by atoms with van der Waals surface area (Å²) in [6.45, 7) is 2.74. The number of nitrogens with zero attached hydrogens (tertiary/aromatic N) is 1. The summed E-state index contributed by atoms with van der Waals surface area (Å²) in [5.74, 6) is -0.399. The molecule has 5 nitrogen and oxygen atoms in total. The molecule has 2 rings (SSSR count). The third-order valence-electron chi connectivity index (χ3n) is 3.14. The first-order chi connectivity index (χ1) is 11.1. The van der Waals surface area contributed by atoms with E-state index in [0.717, 1.165) is 5.56 Å². The molecule has 0 spiro atoms. The zero-order valence-corrected chi connectivity index (χ0v) is 13.0. The molecule has 2 N–H and O–H groups in total. The lowest BCUT2D eigenvalue weighted by atomic mass is 10.1. The normalized spacial score (nSPS) is 10.5. The summed E-state index contributed by atoms with van der Waals surface area (Å²) in [6.07, 6.45) is 6.34. The van der Waals surface area contributed by atoms with E-state index >= 15 is 0 Å². The van der Waals surface area contributed by atoms with Gasteiger partial charge in [-0.2, -0.15) is 0 Å². The van der Waals surface area contributed by atoms with E-state index in [9.17, 15) is 9.59 Å². The molecule has 0 bridgehead atoms. The number of hydrogen-bond donors (Lipinski definition) is 2. The van der Waals surface area contributed by atoms with Crippen molar-refractivity contribution in [3.63, 3.8) is 0 Å². The number of carbonyl (C=O) groups excluding carboxylic acids is 2. The maximum absolute atomic E-state index is 11.7. The Morgan fingerprint density at radius 3 is 2.52 bits per heavy atom. The van der Waals surface area contributed by atoms with Crippen molar-refractivity contribution < 1.29 is 9.59 Å². The molecule has 0 fully saturated rings. The summed E-state index contributed by atoms with van der Waals surface area (Å²) in [5, 5.41) is 5.43. The summed E-state index contributed by atoms with van der Waals surface area (Å²) in [6, 6.07) is 11.3. The van der Waals surface area contributed by atoms with Gasteiger partial charge in [0.15, 0.2) is 0 Å². The van der Waals surface area contributed by atoms with Gasteiger partial charge in [0, 0.05) is 31.6 Å². The fourth-order valence-electron chi connectivity index (χ4n) is 1.87. The monoisotopic (exact) mass is 309 g/mol. The van der Waals surface area contributed by atoms with Gasteiger partial charge in [-0.15, -0.1) is 0 Å². The quantitative estimate of drug-likeness (QED) is 0.633. The fourth-order valence-corrected chi connectivity index (χ4v) is 1.87. The molecule has 1 aromatic heterocycles. The highest BCUT2D eigenvalue weighted by atomic mass is 16.2. The average Bonchev–Trinajstić information content (AvgIpc) is 2.59. The van der Waals surface area contributed by atoms with Gasteiger partial charge < -0.3 is 10.6 Å². The molecule has 2 amide bonds. The van der Waals surface area contributed by atoms with Crippen LogP contribution in [0.15, 0.2) is 54.9 Å². The van der Waals surface area contributed by atoms with Gasteiger partial charge in [0.2, 0.25) is 5.91 Å². The van der Waals surface area contributed by atoms with E-state index < -0.39 is 0 Å². The predicted octanol–water partition coefficient (Wildman–Crippen LogP) is 1.95. The number of aromatic nitrogens is 1. The van der Waals surface area contributed by atoms with Gasteiger partial charge in [-0.25, -0.2) is 0 Å². The molecule has 2 aromatic rings. The van der Waals surface area contributed by atoms with Crippen LogP contribution < -0.4 is 10.6 Å². The van der Waals surface area contributed by atoms with E-state index in [0.29, 0.717) is 18.7 Å². The number of aryl methyl sites for hydroxylation is 1. The summed E-state index contributed by atoms with van der Waals surface area (Å²) < 4.78 is 0. The van der Waals surface area contributed by atoms with Crippen LogP contribution in [0.4, 0.5) is 0 Å².